The lowest BCUT2D eigenvalue weighted by Crippen LogP contribution is -2.59. The van der Waals surface area contributed by atoms with Crippen molar-refractivity contribution in [1.82, 2.24) is 0 Å². The molecule has 90 valence electrons. The maximum atomic E-state index is 10.9. The number of para-hydroxylation sites is 1. The van der Waals surface area contributed by atoms with Gasteiger partial charge in [-0.1, -0.05) is 18.2 Å². The Morgan fingerprint density at radius 3 is 1.65 bits per heavy atom. The maximum absolute atomic E-state index is 10.9. The SMILES string of the molecule is O=C(O)C(Nc1ccccc1)(C(=O)O)C(=O)O. The highest BCUT2D eigenvalue weighted by Crippen LogP contribution is 2.16. The van der Waals surface area contributed by atoms with Crippen molar-refractivity contribution in [3.63, 3.8) is 0 Å². The summed E-state index contributed by atoms with van der Waals surface area (Å²) >= 11 is 0. The van der Waals surface area contributed by atoms with Crippen LogP contribution < -0.4 is 5.32 Å². The third kappa shape index (κ3) is 2.17. The molecule has 0 spiro atoms. The van der Waals surface area contributed by atoms with Gasteiger partial charge in [-0.3, -0.25) is 0 Å². The molecule has 7 heteroatoms. The van der Waals surface area contributed by atoms with E-state index in [0.717, 1.165) is 0 Å². The van der Waals surface area contributed by atoms with E-state index in [-0.39, 0.29) is 5.69 Å². The Bertz CT molecular complexity index is 419. The lowest BCUT2D eigenvalue weighted by Gasteiger charge is -2.22. The van der Waals surface area contributed by atoms with Crippen LogP contribution in [0.2, 0.25) is 0 Å². The van der Waals surface area contributed by atoms with Crippen molar-refractivity contribution in [2.24, 2.45) is 0 Å². The van der Waals surface area contributed by atoms with Gasteiger partial charge in [-0.25, -0.2) is 14.4 Å². The van der Waals surface area contributed by atoms with Crippen molar-refractivity contribution >= 4 is 23.6 Å². The Morgan fingerprint density at radius 2 is 1.29 bits per heavy atom. The molecule has 17 heavy (non-hydrogen) atoms. The zero-order chi connectivity index (χ0) is 13.1. The van der Waals surface area contributed by atoms with Gasteiger partial charge in [0.05, 0.1) is 0 Å². The van der Waals surface area contributed by atoms with Gasteiger partial charge in [-0.05, 0) is 12.1 Å². The summed E-state index contributed by atoms with van der Waals surface area (Å²) in [7, 11) is 0. The summed E-state index contributed by atoms with van der Waals surface area (Å²) in [5, 5.41) is 28.4. The number of carbonyl (C=O) groups is 3. The quantitative estimate of drug-likeness (QED) is 0.537. The molecule has 1 rings (SSSR count). The predicted octanol–water partition coefficient (Wildman–Crippen LogP) is 0.0911. The number of aliphatic carboxylic acids is 3. The number of hydrogen-bond donors (Lipinski definition) is 4. The molecular weight excluding hydrogens is 230 g/mol. The van der Waals surface area contributed by atoms with Crippen molar-refractivity contribution < 1.29 is 29.7 Å². The molecular formula is C10H9NO6. The van der Waals surface area contributed by atoms with E-state index in [2.05, 4.69) is 0 Å². The van der Waals surface area contributed by atoms with E-state index in [0.29, 0.717) is 0 Å². The van der Waals surface area contributed by atoms with Gasteiger partial charge in [0.25, 0.3) is 0 Å². The first-order valence-electron chi connectivity index (χ1n) is 4.44. The van der Waals surface area contributed by atoms with E-state index in [4.69, 9.17) is 15.3 Å². The summed E-state index contributed by atoms with van der Waals surface area (Å²) in [5.41, 5.74) is -3.01. The normalized spacial score (nSPS) is 10.6. The fourth-order valence-electron chi connectivity index (χ4n) is 1.17. The largest absolute Gasteiger partial charge is 0.479 e. The van der Waals surface area contributed by atoms with Crippen molar-refractivity contribution in [3.05, 3.63) is 30.3 Å². The molecule has 0 saturated carbocycles. The Kier molecular flexibility index (Phi) is 3.32. The van der Waals surface area contributed by atoms with Gasteiger partial charge < -0.3 is 20.6 Å². The van der Waals surface area contributed by atoms with Crippen LogP contribution >= 0.6 is 0 Å². The fraction of sp³-hybridized carbons (Fsp3) is 0.100. The Morgan fingerprint density at radius 1 is 0.882 bits per heavy atom. The first-order valence-corrected chi connectivity index (χ1v) is 4.44. The summed E-state index contributed by atoms with van der Waals surface area (Å²) in [6, 6.07) is 7.37. The number of carboxylic acids is 3. The van der Waals surface area contributed by atoms with Crippen LogP contribution in [-0.4, -0.2) is 38.8 Å². The van der Waals surface area contributed by atoms with Crippen LogP contribution in [0.25, 0.3) is 0 Å². The molecule has 0 aromatic heterocycles. The molecule has 0 fully saturated rings. The standard InChI is InChI=1S/C10H9NO6/c12-7(13)10(8(14)15,9(16)17)11-6-4-2-1-3-5-6/h1-5,11H,(H,12,13)(H,14,15)(H,16,17). The highest BCUT2D eigenvalue weighted by atomic mass is 16.4. The van der Waals surface area contributed by atoms with E-state index in [1.54, 1.807) is 6.07 Å². The first-order chi connectivity index (χ1) is 7.91. The summed E-state index contributed by atoms with van der Waals surface area (Å²) in [6.07, 6.45) is 0. The van der Waals surface area contributed by atoms with Crippen LogP contribution in [0, 0.1) is 0 Å². The first kappa shape index (κ1) is 12.5. The molecule has 7 nitrogen and oxygen atoms in total. The minimum absolute atomic E-state index is 0.0831. The minimum atomic E-state index is -3.10. The van der Waals surface area contributed by atoms with E-state index in [9.17, 15) is 14.4 Å². The molecule has 0 aliphatic rings. The molecule has 0 unspecified atom stereocenters. The molecule has 0 saturated heterocycles. The fourth-order valence-corrected chi connectivity index (χ4v) is 1.17. The van der Waals surface area contributed by atoms with Crippen molar-refractivity contribution in [2.75, 3.05) is 5.32 Å². The predicted molar refractivity (Wildman–Crippen MR) is 55.7 cm³/mol. The van der Waals surface area contributed by atoms with Crippen molar-refractivity contribution in [1.29, 1.82) is 0 Å². The highest BCUT2D eigenvalue weighted by Gasteiger charge is 2.55. The van der Waals surface area contributed by atoms with Crippen LogP contribution in [0.15, 0.2) is 30.3 Å². The second-order valence-electron chi connectivity index (χ2n) is 3.16. The zero-order valence-electron chi connectivity index (χ0n) is 8.45. The van der Waals surface area contributed by atoms with Gasteiger partial charge in [0.2, 0.25) is 0 Å². The second kappa shape index (κ2) is 4.52. The molecule has 0 atom stereocenters. The number of nitrogens with one attached hydrogen (secondary N) is 1. The van der Waals surface area contributed by atoms with Crippen LogP contribution in [-0.2, 0) is 14.4 Å². The molecule has 1 aromatic rings. The van der Waals surface area contributed by atoms with E-state index in [1.165, 1.54) is 24.3 Å². The smallest absolute Gasteiger partial charge is 0.353 e. The highest BCUT2D eigenvalue weighted by molar-refractivity contribution is 6.24. The molecule has 1 aromatic carbocycles. The van der Waals surface area contributed by atoms with E-state index >= 15 is 0 Å². The van der Waals surface area contributed by atoms with E-state index in [1.807, 2.05) is 5.32 Å². The van der Waals surface area contributed by atoms with Gasteiger partial charge in [0.1, 0.15) is 0 Å². The molecule has 0 aliphatic carbocycles. The monoisotopic (exact) mass is 239 g/mol. The van der Waals surface area contributed by atoms with E-state index < -0.39 is 23.4 Å². The summed E-state index contributed by atoms with van der Waals surface area (Å²) in [6.45, 7) is 0. The Balaban J connectivity index is 3.21. The third-order valence-corrected chi connectivity index (χ3v) is 2.07. The topological polar surface area (TPSA) is 124 Å². The summed E-state index contributed by atoms with van der Waals surface area (Å²) in [4.78, 5) is 32.7. The van der Waals surface area contributed by atoms with Crippen LogP contribution in [0.1, 0.15) is 0 Å². The molecule has 0 aliphatic heterocycles. The van der Waals surface area contributed by atoms with Crippen LogP contribution in [0.5, 0.6) is 0 Å². The van der Waals surface area contributed by atoms with Crippen molar-refractivity contribution in [2.45, 2.75) is 5.54 Å². The number of rotatable bonds is 5. The molecule has 0 amide bonds. The number of anilines is 1. The molecule has 0 radical (unpaired) electrons. The lowest BCUT2D eigenvalue weighted by atomic mass is 10.00. The maximum Gasteiger partial charge on any atom is 0.353 e. The van der Waals surface area contributed by atoms with Gasteiger partial charge in [0, 0.05) is 5.69 Å². The lowest BCUT2D eigenvalue weighted by molar-refractivity contribution is -0.165. The minimum Gasteiger partial charge on any atom is -0.479 e. The number of carboxylic acid groups (broad SMARTS) is 3. The summed E-state index contributed by atoms with van der Waals surface area (Å²) in [5.74, 6) is -6.00. The average Bonchev–Trinajstić information content (AvgIpc) is 2.25. The van der Waals surface area contributed by atoms with Crippen LogP contribution in [0.3, 0.4) is 0 Å². The Hall–Kier alpha value is -2.57. The number of benzene rings is 1. The molecule has 4 N–H and O–H groups in total. The van der Waals surface area contributed by atoms with Gasteiger partial charge in [0.15, 0.2) is 0 Å². The molecule has 0 heterocycles. The molecule has 0 bridgehead atoms. The van der Waals surface area contributed by atoms with Gasteiger partial charge >= 0.3 is 23.4 Å². The van der Waals surface area contributed by atoms with Gasteiger partial charge in [-0.2, -0.15) is 0 Å². The Labute approximate surface area is 95.3 Å². The van der Waals surface area contributed by atoms with Gasteiger partial charge in [-0.15, -0.1) is 0 Å². The van der Waals surface area contributed by atoms with Crippen LogP contribution in [0.4, 0.5) is 5.69 Å². The third-order valence-electron chi connectivity index (χ3n) is 2.07. The average molecular weight is 239 g/mol. The zero-order valence-corrected chi connectivity index (χ0v) is 8.45. The number of hydrogen-bond acceptors (Lipinski definition) is 4. The second-order valence-corrected chi connectivity index (χ2v) is 3.16. The van der Waals surface area contributed by atoms with Crippen molar-refractivity contribution in [3.8, 4) is 0 Å². The summed E-state index contributed by atoms with van der Waals surface area (Å²) < 4.78 is 0.